The second-order valence-electron chi connectivity index (χ2n) is 5.13. The van der Waals surface area contributed by atoms with Crippen LogP contribution in [0.1, 0.15) is 12.8 Å². The minimum atomic E-state index is -0.129. The van der Waals surface area contributed by atoms with Gasteiger partial charge in [-0.15, -0.1) is 11.3 Å². The third kappa shape index (κ3) is 2.94. The molecule has 1 aromatic heterocycles. The first-order valence-electron chi connectivity index (χ1n) is 7.11. The van der Waals surface area contributed by atoms with Gasteiger partial charge in [0.2, 0.25) is 0 Å². The van der Waals surface area contributed by atoms with Gasteiger partial charge in [0.25, 0.3) is 0 Å². The number of thiophene rings is 1. The summed E-state index contributed by atoms with van der Waals surface area (Å²) in [5, 5.41) is 14.3. The van der Waals surface area contributed by atoms with Gasteiger partial charge in [-0.2, -0.15) is 0 Å². The third-order valence-electron chi connectivity index (χ3n) is 3.80. The maximum absolute atomic E-state index is 12.4. The molecule has 1 aliphatic heterocycles. The van der Waals surface area contributed by atoms with Crippen molar-refractivity contribution in [2.75, 3.05) is 18.5 Å². The number of anilines is 1. The van der Waals surface area contributed by atoms with Gasteiger partial charge in [0.1, 0.15) is 0 Å². The first-order valence-corrected chi connectivity index (χ1v) is 7.99. The molecule has 0 radical (unpaired) electrons. The Hall–Kier alpha value is -1.85. The van der Waals surface area contributed by atoms with E-state index < -0.39 is 0 Å². The van der Waals surface area contributed by atoms with Gasteiger partial charge in [-0.25, -0.2) is 4.79 Å². The van der Waals surface area contributed by atoms with Crippen molar-refractivity contribution < 1.29 is 9.90 Å². The van der Waals surface area contributed by atoms with Crippen LogP contribution in [0.2, 0.25) is 0 Å². The zero-order chi connectivity index (χ0) is 14.7. The molecule has 2 N–H and O–H groups in total. The molecule has 0 bridgehead atoms. The molecule has 4 nitrogen and oxygen atoms in total. The topological polar surface area (TPSA) is 52.6 Å². The maximum Gasteiger partial charge on any atom is 0.322 e. The summed E-state index contributed by atoms with van der Waals surface area (Å²) in [6.07, 6.45) is 1.82. The van der Waals surface area contributed by atoms with E-state index >= 15 is 0 Å². The van der Waals surface area contributed by atoms with Crippen LogP contribution >= 0.6 is 11.3 Å². The lowest BCUT2D eigenvalue weighted by Crippen LogP contribution is -2.40. The van der Waals surface area contributed by atoms with E-state index in [0.29, 0.717) is 6.54 Å². The molecular weight excluding hydrogens is 284 g/mol. The minimum absolute atomic E-state index is 0.0278. The Morgan fingerprint density at radius 3 is 2.95 bits per heavy atom. The van der Waals surface area contributed by atoms with E-state index in [0.717, 1.165) is 29.0 Å². The highest BCUT2D eigenvalue weighted by Crippen LogP contribution is 2.31. The number of rotatable bonds is 3. The van der Waals surface area contributed by atoms with E-state index in [1.807, 2.05) is 41.8 Å². The second kappa shape index (κ2) is 6.28. The Labute approximate surface area is 128 Å². The number of amides is 2. The summed E-state index contributed by atoms with van der Waals surface area (Å²) in [5.41, 5.74) is 1.84. The fourth-order valence-corrected chi connectivity index (χ4v) is 3.48. The minimum Gasteiger partial charge on any atom is -0.394 e. The van der Waals surface area contributed by atoms with Crippen molar-refractivity contribution in [3.63, 3.8) is 0 Å². The summed E-state index contributed by atoms with van der Waals surface area (Å²) < 4.78 is 0. The van der Waals surface area contributed by atoms with Crippen molar-refractivity contribution in [2.24, 2.45) is 0 Å². The summed E-state index contributed by atoms with van der Waals surface area (Å²) in [5.74, 6) is 0. The Kier molecular flexibility index (Phi) is 4.22. The number of nitrogens with zero attached hydrogens (tertiary/aromatic N) is 1. The SMILES string of the molecule is O=C(Nc1ccccc1-c1cccs1)N1CCC[C@H]1CO. The highest BCUT2D eigenvalue weighted by molar-refractivity contribution is 7.13. The van der Waals surface area contributed by atoms with Crippen LogP contribution in [0, 0.1) is 0 Å². The van der Waals surface area contributed by atoms with E-state index in [1.54, 1.807) is 16.2 Å². The molecule has 1 fully saturated rings. The van der Waals surface area contributed by atoms with Crippen LogP contribution in [-0.4, -0.2) is 35.2 Å². The van der Waals surface area contributed by atoms with Gasteiger partial charge >= 0.3 is 6.03 Å². The molecule has 0 aliphatic carbocycles. The highest BCUT2D eigenvalue weighted by Gasteiger charge is 2.28. The third-order valence-corrected chi connectivity index (χ3v) is 4.71. The number of carbonyl (C=O) groups excluding carboxylic acids is 1. The zero-order valence-electron chi connectivity index (χ0n) is 11.7. The predicted molar refractivity (Wildman–Crippen MR) is 85.6 cm³/mol. The van der Waals surface area contributed by atoms with Crippen LogP contribution in [-0.2, 0) is 0 Å². The molecule has 0 spiro atoms. The van der Waals surface area contributed by atoms with Gasteiger partial charge in [0.05, 0.1) is 18.3 Å². The molecule has 0 unspecified atom stereocenters. The Bertz CT molecular complexity index is 612. The van der Waals surface area contributed by atoms with Crippen LogP contribution in [0.25, 0.3) is 10.4 Å². The second-order valence-corrected chi connectivity index (χ2v) is 6.07. The quantitative estimate of drug-likeness (QED) is 0.913. The molecule has 1 aromatic carbocycles. The molecule has 110 valence electrons. The van der Waals surface area contributed by atoms with Crippen LogP contribution in [0.4, 0.5) is 10.5 Å². The first-order chi connectivity index (χ1) is 10.3. The van der Waals surface area contributed by atoms with Gasteiger partial charge in [-0.3, -0.25) is 0 Å². The number of aliphatic hydroxyl groups excluding tert-OH is 1. The fourth-order valence-electron chi connectivity index (χ4n) is 2.72. The number of carbonyl (C=O) groups is 1. The van der Waals surface area contributed by atoms with E-state index in [1.165, 1.54) is 0 Å². The lowest BCUT2D eigenvalue weighted by Gasteiger charge is -2.24. The Balaban J connectivity index is 1.81. The molecule has 2 aromatic rings. The molecule has 2 heterocycles. The molecule has 5 heteroatoms. The van der Waals surface area contributed by atoms with Gasteiger partial charge in [-0.05, 0) is 30.4 Å². The van der Waals surface area contributed by atoms with E-state index in [-0.39, 0.29) is 18.7 Å². The number of aliphatic hydroxyl groups is 1. The molecule has 0 saturated carbocycles. The smallest absolute Gasteiger partial charge is 0.322 e. The summed E-state index contributed by atoms with van der Waals surface area (Å²) in [7, 11) is 0. The average molecular weight is 302 g/mol. The normalized spacial score (nSPS) is 18.0. The molecule has 1 saturated heterocycles. The van der Waals surface area contributed by atoms with Crippen molar-refractivity contribution in [2.45, 2.75) is 18.9 Å². The van der Waals surface area contributed by atoms with Gasteiger partial charge < -0.3 is 15.3 Å². The van der Waals surface area contributed by atoms with Crippen LogP contribution < -0.4 is 5.32 Å². The summed E-state index contributed by atoms with van der Waals surface area (Å²) in [6, 6.07) is 11.7. The average Bonchev–Trinajstić information content (AvgIpc) is 3.19. The molecule has 1 atom stereocenters. The number of para-hydroxylation sites is 1. The Morgan fingerprint density at radius 2 is 2.19 bits per heavy atom. The van der Waals surface area contributed by atoms with E-state index in [4.69, 9.17) is 0 Å². The summed E-state index contributed by atoms with van der Waals surface area (Å²) in [4.78, 5) is 15.3. The highest BCUT2D eigenvalue weighted by atomic mass is 32.1. The Morgan fingerprint density at radius 1 is 1.33 bits per heavy atom. The maximum atomic E-state index is 12.4. The molecule has 3 rings (SSSR count). The molecule has 1 aliphatic rings. The molecular formula is C16H18N2O2S. The first kappa shape index (κ1) is 14.1. The summed E-state index contributed by atoms with van der Waals surface area (Å²) >= 11 is 1.65. The summed E-state index contributed by atoms with van der Waals surface area (Å²) in [6.45, 7) is 0.734. The zero-order valence-corrected chi connectivity index (χ0v) is 12.5. The van der Waals surface area contributed by atoms with Crippen molar-refractivity contribution >= 4 is 23.1 Å². The number of likely N-dealkylation sites (tertiary alicyclic amines) is 1. The number of benzene rings is 1. The van der Waals surface area contributed by atoms with Crippen molar-refractivity contribution in [1.82, 2.24) is 4.90 Å². The predicted octanol–water partition coefficient (Wildman–Crippen LogP) is 3.40. The van der Waals surface area contributed by atoms with Gasteiger partial charge in [0.15, 0.2) is 0 Å². The monoisotopic (exact) mass is 302 g/mol. The van der Waals surface area contributed by atoms with E-state index in [2.05, 4.69) is 5.32 Å². The van der Waals surface area contributed by atoms with Crippen molar-refractivity contribution in [3.05, 3.63) is 41.8 Å². The van der Waals surface area contributed by atoms with Crippen molar-refractivity contribution in [3.8, 4) is 10.4 Å². The lowest BCUT2D eigenvalue weighted by molar-refractivity contribution is 0.166. The molecule has 21 heavy (non-hydrogen) atoms. The van der Waals surface area contributed by atoms with E-state index in [9.17, 15) is 9.90 Å². The lowest BCUT2D eigenvalue weighted by atomic mass is 10.1. The molecule has 2 amide bonds. The standard InChI is InChI=1S/C16H18N2O2S/c19-11-12-5-3-9-18(12)16(20)17-14-7-2-1-6-13(14)15-8-4-10-21-15/h1-2,4,6-8,10,12,19H,3,5,9,11H2,(H,17,20)/t12-/m0/s1. The number of hydrogen-bond donors (Lipinski definition) is 2. The van der Waals surface area contributed by atoms with Gasteiger partial charge in [-0.1, -0.05) is 24.3 Å². The van der Waals surface area contributed by atoms with Crippen LogP contribution in [0.3, 0.4) is 0 Å². The number of urea groups is 1. The largest absolute Gasteiger partial charge is 0.394 e. The number of hydrogen-bond acceptors (Lipinski definition) is 3. The van der Waals surface area contributed by atoms with Crippen molar-refractivity contribution in [1.29, 1.82) is 0 Å². The number of nitrogens with one attached hydrogen (secondary N) is 1. The van der Waals surface area contributed by atoms with Crippen LogP contribution in [0.5, 0.6) is 0 Å². The fraction of sp³-hybridized carbons (Fsp3) is 0.312. The van der Waals surface area contributed by atoms with Crippen LogP contribution in [0.15, 0.2) is 41.8 Å². The van der Waals surface area contributed by atoms with Gasteiger partial charge in [0, 0.05) is 17.0 Å².